The maximum Gasteiger partial charge on any atom is 0.387 e. The quantitative estimate of drug-likeness (QED) is 0.674. The summed E-state index contributed by atoms with van der Waals surface area (Å²) in [5.41, 5.74) is 7.06. The van der Waals surface area contributed by atoms with Crippen LogP contribution in [0, 0.1) is 17.8 Å². The number of imidazole rings is 1. The summed E-state index contributed by atoms with van der Waals surface area (Å²) in [6, 6.07) is 1.97. The zero-order valence-electron chi connectivity index (χ0n) is 17.0. The molecule has 0 radical (unpaired) electrons. The van der Waals surface area contributed by atoms with Crippen LogP contribution in [0.1, 0.15) is 24.7 Å². The molecule has 1 saturated heterocycles. The summed E-state index contributed by atoms with van der Waals surface area (Å²) in [7, 11) is 1.74. The highest BCUT2D eigenvalue weighted by molar-refractivity contribution is 5.63. The van der Waals surface area contributed by atoms with Gasteiger partial charge in [-0.05, 0) is 36.7 Å². The minimum Gasteiger partial charge on any atom is -0.431 e. The largest absolute Gasteiger partial charge is 0.431 e. The molecule has 0 aromatic carbocycles. The van der Waals surface area contributed by atoms with E-state index in [1.807, 2.05) is 0 Å². The highest BCUT2D eigenvalue weighted by atomic mass is 19.3. The number of anilines is 1. The van der Waals surface area contributed by atoms with E-state index in [1.165, 1.54) is 18.9 Å². The van der Waals surface area contributed by atoms with Crippen molar-refractivity contribution in [2.24, 2.45) is 17.8 Å². The second kappa shape index (κ2) is 7.77. The van der Waals surface area contributed by atoms with Crippen molar-refractivity contribution < 1.29 is 18.3 Å². The molecule has 30 heavy (non-hydrogen) atoms. The molecule has 2 aromatic rings. The number of rotatable bonds is 9. The lowest BCUT2D eigenvalue weighted by Crippen LogP contribution is -2.28. The monoisotopic (exact) mass is 419 g/mol. The molecule has 2 aliphatic carbocycles. The fourth-order valence-corrected chi connectivity index (χ4v) is 4.74. The Morgan fingerprint density at radius 2 is 2.03 bits per heavy atom. The van der Waals surface area contributed by atoms with Gasteiger partial charge in [0.15, 0.2) is 11.6 Å². The van der Waals surface area contributed by atoms with Gasteiger partial charge in [0.25, 0.3) is 0 Å². The normalized spacial score (nSPS) is 25.7. The standard InChI is InChI=1S/C21H27F2N5O2/c1-29-5-4-27-9-14-15(10-27)19(14)28-11-16(26-18(28)6-12-2-3-12)13-7-17(30-21(22)23)20(24)25-8-13/h7-8,11-12,14-15,19,21H,2-6,9-10H2,1H3,(H2,24,25). The highest BCUT2D eigenvalue weighted by Gasteiger charge is 2.57. The summed E-state index contributed by atoms with van der Waals surface area (Å²) in [6.07, 6.45) is 7.09. The molecule has 2 saturated carbocycles. The number of fused-ring (bicyclic) bond motifs is 1. The van der Waals surface area contributed by atoms with Crippen LogP contribution >= 0.6 is 0 Å². The molecule has 9 heteroatoms. The van der Waals surface area contributed by atoms with Crippen LogP contribution < -0.4 is 10.5 Å². The van der Waals surface area contributed by atoms with Crippen LogP contribution in [-0.2, 0) is 11.2 Å². The third-order valence-electron chi connectivity index (χ3n) is 6.53. The molecule has 3 heterocycles. The average Bonchev–Trinajstić information content (AvgIpc) is 3.56. The molecule has 2 unspecified atom stereocenters. The second-order valence-electron chi connectivity index (χ2n) is 8.65. The summed E-state index contributed by atoms with van der Waals surface area (Å²) in [5.74, 6) is 2.91. The molecule has 3 aliphatic rings. The highest BCUT2D eigenvalue weighted by Crippen LogP contribution is 2.56. The molecule has 162 valence electrons. The Morgan fingerprint density at radius 1 is 1.27 bits per heavy atom. The SMILES string of the molecule is COCCN1CC2C(C1)C2n1cc(-c2cnc(N)c(OC(F)F)c2)nc1CC1CC1. The van der Waals surface area contributed by atoms with Gasteiger partial charge in [0.05, 0.1) is 12.3 Å². The molecular formula is C21H27F2N5O2. The van der Waals surface area contributed by atoms with Crippen LogP contribution in [0.5, 0.6) is 5.75 Å². The van der Waals surface area contributed by atoms with Gasteiger partial charge in [-0.15, -0.1) is 0 Å². The molecule has 1 aliphatic heterocycles. The lowest BCUT2D eigenvalue weighted by molar-refractivity contribution is -0.0494. The maximum absolute atomic E-state index is 12.7. The first kappa shape index (κ1) is 19.7. The van der Waals surface area contributed by atoms with Gasteiger partial charge in [0.1, 0.15) is 5.82 Å². The predicted molar refractivity (Wildman–Crippen MR) is 107 cm³/mol. The summed E-state index contributed by atoms with van der Waals surface area (Å²) < 4.78 is 37.4. The van der Waals surface area contributed by atoms with Gasteiger partial charge in [0, 0.05) is 57.2 Å². The van der Waals surface area contributed by atoms with Gasteiger partial charge >= 0.3 is 6.61 Å². The Labute approximate surface area is 174 Å². The van der Waals surface area contributed by atoms with Gasteiger partial charge in [-0.1, -0.05) is 0 Å². The molecule has 0 bridgehead atoms. The lowest BCUT2D eigenvalue weighted by atomic mass is 10.2. The van der Waals surface area contributed by atoms with Gasteiger partial charge in [-0.25, -0.2) is 9.97 Å². The van der Waals surface area contributed by atoms with Gasteiger partial charge < -0.3 is 24.7 Å². The Balaban J connectivity index is 1.38. The van der Waals surface area contributed by atoms with E-state index in [0.29, 0.717) is 29.4 Å². The molecule has 2 atom stereocenters. The number of hydrogen-bond donors (Lipinski definition) is 1. The number of halogens is 2. The van der Waals surface area contributed by atoms with E-state index in [4.69, 9.17) is 15.5 Å². The van der Waals surface area contributed by atoms with Crippen LogP contribution in [0.4, 0.5) is 14.6 Å². The average molecular weight is 419 g/mol. The number of nitrogens with two attached hydrogens (primary N) is 1. The van der Waals surface area contributed by atoms with Crippen molar-refractivity contribution in [2.75, 3.05) is 39.1 Å². The Hall–Kier alpha value is -2.26. The Bertz CT molecular complexity index is 905. The van der Waals surface area contributed by atoms with Gasteiger partial charge in [-0.2, -0.15) is 8.78 Å². The van der Waals surface area contributed by atoms with Crippen molar-refractivity contribution >= 4 is 5.82 Å². The number of likely N-dealkylation sites (tertiary alicyclic amines) is 1. The summed E-state index contributed by atoms with van der Waals surface area (Å²) in [4.78, 5) is 11.4. The number of pyridine rings is 1. The van der Waals surface area contributed by atoms with Crippen LogP contribution in [0.25, 0.3) is 11.3 Å². The smallest absolute Gasteiger partial charge is 0.387 e. The van der Waals surface area contributed by atoms with Crippen molar-refractivity contribution in [3.05, 3.63) is 24.3 Å². The molecule has 3 fully saturated rings. The molecule has 2 N–H and O–H groups in total. The van der Waals surface area contributed by atoms with Gasteiger partial charge in [-0.3, -0.25) is 0 Å². The summed E-state index contributed by atoms with van der Waals surface area (Å²) >= 11 is 0. The van der Waals surface area contributed by atoms with E-state index in [1.54, 1.807) is 13.3 Å². The summed E-state index contributed by atoms with van der Waals surface area (Å²) in [6.45, 7) is 0.971. The zero-order chi connectivity index (χ0) is 20.8. The number of hydrogen-bond acceptors (Lipinski definition) is 6. The number of nitrogen functional groups attached to an aromatic ring is 1. The van der Waals surface area contributed by atoms with Crippen molar-refractivity contribution in [3.8, 4) is 17.0 Å². The fourth-order valence-electron chi connectivity index (χ4n) is 4.74. The first-order chi connectivity index (χ1) is 14.5. The topological polar surface area (TPSA) is 78.4 Å². The molecule has 5 rings (SSSR count). The number of aromatic nitrogens is 3. The van der Waals surface area contributed by atoms with Crippen LogP contribution in [0.3, 0.4) is 0 Å². The van der Waals surface area contributed by atoms with Gasteiger partial charge in [0.2, 0.25) is 0 Å². The molecule has 2 aromatic heterocycles. The second-order valence-corrected chi connectivity index (χ2v) is 8.65. The number of ether oxygens (including phenoxy) is 2. The van der Waals surface area contributed by atoms with Crippen molar-refractivity contribution in [3.63, 3.8) is 0 Å². The predicted octanol–water partition coefficient (Wildman–Crippen LogP) is 2.83. The minimum atomic E-state index is -2.95. The van der Waals surface area contributed by atoms with E-state index in [2.05, 4.69) is 25.4 Å². The van der Waals surface area contributed by atoms with Crippen molar-refractivity contribution in [1.29, 1.82) is 0 Å². The van der Waals surface area contributed by atoms with Crippen molar-refractivity contribution in [2.45, 2.75) is 31.9 Å². The fraction of sp³-hybridized carbons (Fsp3) is 0.619. The van der Waals surface area contributed by atoms with Crippen LogP contribution in [-0.4, -0.2) is 59.4 Å². The Kier molecular flexibility index (Phi) is 5.10. The van der Waals surface area contributed by atoms with E-state index in [0.717, 1.165) is 44.2 Å². The molecular weight excluding hydrogens is 392 g/mol. The van der Waals surface area contributed by atoms with Crippen LogP contribution in [0.15, 0.2) is 18.5 Å². The summed E-state index contributed by atoms with van der Waals surface area (Å²) in [5, 5.41) is 0. The lowest BCUT2D eigenvalue weighted by Gasteiger charge is -2.20. The third-order valence-corrected chi connectivity index (χ3v) is 6.53. The maximum atomic E-state index is 12.7. The number of methoxy groups -OCH3 is 1. The first-order valence-electron chi connectivity index (χ1n) is 10.5. The minimum absolute atomic E-state index is 0.0513. The molecule has 0 spiro atoms. The number of alkyl halides is 2. The van der Waals surface area contributed by atoms with E-state index >= 15 is 0 Å². The van der Waals surface area contributed by atoms with E-state index < -0.39 is 6.61 Å². The molecule has 7 nitrogen and oxygen atoms in total. The van der Waals surface area contributed by atoms with E-state index in [9.17, 15) is 8.78 Å². The van der Waals surface area contributed by atoms with Crippen LogP contribution in [0.2, 0.25) is 0 Å². The zero-order valence-corrected chi connectivity index (χ0v) is 17.0. The first-order valence-corrected chi connectivity index (χ1v) is 10.5. The van der Waals surface area contributed by atoms with E-state index in [-0.39, 0.29) is 11.6 Å². The molecule has 0 amide bonds. The number of piperidine rings is 1. The number of nitrogens with zero attached hydrogens (tertiary/aromatic N) is 4. The third kappa shape index (κ3) is 3.88. The van der Waals surface area contributed by atoms with Crippen molar-refractivity contribution in [1.82, 2.24) is 19.4 Å². The Morgan fingerprint density at radius 3 is 2.70 bits per heavy atom.